The minimum absolute atomic E-state index is 0.00815. The monoisotopic (exact) mass is 401 g/mol. The Morgan fingerprint density at radius 3 is 2.50 bits per heavy atom. The van der Waals surface area contributed by atoms with Crippen molar-refractivity contribution in [3.63, 3.8) is 0 Å². The molecule has 0 aromatic heterocycles. The Kier molecular flexibility index (Phi) is 5.84. The van der Waals surface area contributed by atoms with Crippen molar-refractivity contribution in [3.05, 3.63) is 65.2 Å². The van der Waals surface area contributed by atoms with Crippen LogP contribution in [0.3, 0.4) is 0 Å². The quantitative estimate of drug-likeness (QED) is 0.832. The van der Waals surface area contributed by atoms with Crippen LogP contribution in [-0.4, -0.2) is 49.6 Å². The van der Waals surface area contributed by atoms with Crippen LogP contribution in [0.5, 0.6) is 0 Å². The predicted octanol–water partition coefficient (Wildman–Crippen LogP) is 2.74. The third-order valence-electron chi connectivity index (χ3n) is 5.09. The summed E-state index contributed by atoms with van der Waals surface area (Å²) in [5, 5.41) is 9.18. The number of likely N-dealkylation sites (tertiary alicyclic amines) is 1. The summed E-state index contributed by atoms with van der Waals surface area (Å²) in [6.45, 7) is 1.23. The Labute approximate surface area is 164 Å². The largest absolute Gasteiger partial charge is 0.478 e. The van der Waals surface area contributed by atoms with Gasteiger partial charge in [0.15, 0.2) is 9.84 Å². The summed E-state index contributed by atoms with van der Waals surface area (Å²) in [6, 6.07) is 13.3. The number of hydrogen-bond donors (Lipinski definition) is 1. The predicted molar refractivity (Wildman–Crippen MR) is 105 cm³/mol. The van der Waals surface area contributed by atoms with Gasteiger partial charge in [0, 0.05) is 25.3 Å². The molecule has 1 atom stereocenters. The van der Waals surface area contributed by atoms with Gasteiger partial charge in [-0.3, -0.25) is 4.79 Å². The summed E-state index contributed by atoms with van der Waals surface area (Å²) in [4.78, 5) is 26.0. The maximum atomic E-state index is 12.7. The van der Waals surface area contributed by atoms with Crippen molar-refractivity contribution >= 4 is 21.7 Å². The van der Waals surface area contributed by atoms with E-state index in [1.807, 2.05) is 11.0 Å². The second-order valence-electron chi connectivity index (χ2n) is 7.20. The number of sulfone groups is 1. The van der Waals surface area contributed by atoms with E-state index >= 15 is 0 Å². The summed E-state index contributed by atoms with van der Waals surface area (Å²) in [6.07, 6.45) is 3.14. The second kappa shape index (κ2) is 8.14. The van der Waals surface area contributed by atoms with E-state index in [2.05, 4.69) is 0 Å². The van der Waals surface area contributed by atoms with Crippen molar-refractivity contribution in [2.75, 3.05) is 19.3 Å². The number of nitrogens with zero attached hydrogens (tertiary/aromatic N) is 1. The molecular weight excluding hydrogens is 378 g/mol. The highest BCUT2D eigenvalue weighted by Gasteiger charge is 2.25. The zero-order chi connectivity index (χ0) is 20.3. The lowest BCUT2D eigenvalue weighted by molar-refractivity contribution is -0.131. The Balaban J connectivity index is 1.67. The number of hydrogen-bond acceptors (Lipinski definition) is 4. The van der Waals surface area contributed by atoms with E-state index in [-0.39, 0.29) is 28.7 Å². The molecule has 1 fully saturated rings. The van der Waals surface area contributed by atoms with Crippen molar-refractivity contribution in [3.8, 4) is 0 Å². The van der Waals surface area contributed by atoms with Gasteiger partial charge >= 0.3 is 5.97 Å². The number of carboxylic acids is 1. The van der Waals surface area contributed by atoms with Crippen molar-refractivity contribution in [2.45, 2.75) is 30.1 Å². The lowest BCUT2D eigenvalue weighted by Crippen LogP contribution is -2.40. The molecule has 6 nitrogen and oxygen atoms in total. The van der Waals surface area contributed by atoms with Crippen molar-refractivity contribution < 1.29 is 23.1 Å². The first-order valence-electron chi connectivity index (χ1n) is 9.14. The molecule has 1 aliphatic heterocycles. The molecular formula is C21H23NO5S. The molecule has 0 radical (unpaired) electrons. The van der Waals surface area contributed by atoms with Crippen molar-refractivity contribution in [2.24, 2.45) is 0 Å². The zero-order valence-corrected chi connectivity index (χ0v) is 16.5. The molecule has 7 heteroatoms. The van der Waals surface area contributed by atoms with E-state index in [0.29, 0.717) is 13.1 Å². The highest BCUT2D eigenvalue weighted by atomic mass is 32.2. The van der Waals surface area contributed by atoms with E-state index in [0.717, 1.165) is 30.2 Å². The van der Waals surface area contributed by atoms with Crippen LogP contribution >= 0.6 is 0 Å². The molecule has 0 bridgehead atoms. The number of piperidine rings is 1. The van der Waals surface area contributed by atoms with Crippen LogP contribution in [0.1, 0.15) is 40.2 Å². The van der Waals surface area contributed by atoms with Crippen LogP contribution in [0.25, 0.3) is 0 Å². The molecule has 2 aromatic carbocycles. The summed E-state index contributed by atoms with van der Waals surface area (Å²) in [7, 11) is -3.25. The normalized spacial score (nSPS) is 17.3. The average molecular weight is 401 g/mol. The number of carbonyl (C=O) groups is 2. The summed E-state index contributed by atoms with van der Waals surface area (Å²) < 4.78 is 23.1. The smallest absolute Gasteiger partial charge is 0.335 e. The van der Waals surface area contributed by atoms with Crippen LogP contribution in [0, 0.1) is 0 Å². The number of amides is 1. The summed E-state index contributed by atoms with van der Waals surface area (Å²) in [5.41, 5.74) is 1.97. The first kappa shape index (κ1) is 20.1. The zero-order valence-electron chi connectivity index (χ0n) is 15.7. The van der Waals surface area contributed by atoms with Gasteiger partial charge in [0.2, 0.25) is 5.91 Å². The number of aromatic carboxylic acids is 1. The number of carboxylic acid groups (broad SMARTS) is 1. The van der Waals surface area contributed by atoms with Crippen LogP contribution in [-0.2, 0) is 21.1 Å². The van der Waals surface area contributed by atoms with Gasteiger partial charge in [-0.05, 0) is 48.2 Å². The Hall–Kier alpha value is -2.67. The molecule has 28 heavy (non-hydrogen) atoms. The fraction of sp³-hybridized carbons (Fsp3) is 0.333. The fourth-order valence-electron chi connectivity index (χ4n) is 3.54. The number of benzene rings is 2. The van der Waals surface area contributed by atoms with Gasteiger partial charge in [-0.25, -0.2) is 13.2 Å². The molecule has 1 saturated heterocycles. The molecule has 0 spiro atoms. The van der Waals surface area contributed by atoms with Crippen LogP contribution in [0.2, 0.25) is 0 Å². The van der Waals surface area contributed by atoms with E-state index in [1.54, 1.807) is 30.3 Å². The minimum Gasteiger partial charge on any atom is -0.478 e. The van der Waals surface area contributed by atoms with Gasteiger partial charge in [0.1, 0.15) is 0 Å². The first-order chi connectivity index (χ1) is 13.2. The molecule has 3 rings (SSSR count). The summed E-state index contributed by atoms with van der Waals surface area (Å²) >= 11 is 0. The van der Waals surface area contributed by atoms with Gasteiger partial charge in [-0.1, -0.05) is 24.3 Å². The first-order valence-corrected chi connectivity index (χ1v) is 11.0. The Bertz CT molecular complexity index is 982. The highest BCUT2D eigenvalue weighted by molar-refractivity contribution is 7.90. The lowest BCUT2D eigenvalue weighted by Gasteiger charge is -2.33. The standard InChI is InChI=1S/C21H23NO5S/c1-28(26,27)19-9-7-15(8-10-19)12-20(23)22-11-3-6-18(14-22)16-4-2-5-17(13-16)21(24)25/h2,4-5,7-10,13,18H,3,6,11-12,14H2,1H3,(H,24,25). The maximum absolute atomic E-state index is 12.7. The van der Waals surface area contributed by atoms with Crippen molar-refractivity contribution in [1.29, 1.82) is 0 Å². The van der Waals surface area contributed by atoms with E-state index in [9.17, 15) is 23.1 Å². The van der Waals surface area contributed by atoms with E-state index < -0.39 is 15.8 Å². The van der Waals surface area contributed by atoms with Gasteiger partial charge in [-0.15, -0.1) is 0 Å². The molecule has 148 valence electrons. The van der Waals surface area contributed by atoms with Gasteiger partial charge < -0.3 is 10.0 Å². The van der Waals surface area contributed by atoms with Gasteiger partial charge in [0.05, 0.1) is 16.9 Å². The average Bonchev–Trinajstić information content (AvgIpc) is 2.68. The van der Waals surface area contributed by atoms with Crippen LogP contribution in [0.15, 0.2) is 53.4 Å². The molecule has 1 N–H and O–H groups in total. The van der Waals surface area contributed by atoms with Gasteiger partial charge in [-0.2, -0.15) is 0 Å². The Morgan fingerprint density at radius 1 is 1.14 bits per heavy atom. The van der Waals surface area contributed by atoms with E-state index in [4.69, 9.17) is 0 Å². The molecule has 1 aliphatic rings. The molecule has 2 aromatic rings. The van der Waals surface area contributed by atoms with Crippen molar-refractivity contribution in [1.82, 2.24) is 4.90 Å². The third-order valence-corrected chi connectivity index (χ3v) is 6.21. The highest BCUT2D eigenvalue weighted by Crippen LogP contribution is 2.28. The third kappa shape index (κ3) is 4.78. The SMILES string of the molecule is CS(=O)(=O)c1ccc(CC(=O)N2CCCC(c3cccc(C(=O)O)c3)C2)cc1. The molecule has 1 amide bonds. The molecule has 0 aliphatic carbocycles. The van der Waals surface area contributed by atoms with Gasteiger partial charge in [0.25, 0.3) is 0 Å². The van der Waals surface area contributed by atoms with E-state index in [1.165, 1.54) is 12.1 Å². The number of carbonyl (C=O) groups excluding carboxylic acids is 1. The topological polar surface area (TPSA) is 91.8 Å². The fourth-order valence-corrected chi connectivity index (χ4v) is 4.17. The molecule has 1 unspecified atom stereocenters. The molecule has 0 saturated carbocycles. The molecule has 1 heterocycles. The minimum atomic E-state index is -3.25. The lowest BCUT2D eigenvalue weighted by atomic mass is 9.89. The Morgan fingerprint density at radius 2 is 1.86 bits per heavy atom. The van der Waals surface area contributed by atoms with Crippen LogP contribution in [0.4, 0.5) is 0 Å². The summed E-state index contributed by atoms with van der Waals surface area (Å²) in [5.74, 6) is -0.848. The number of rotatable bonds is 5. The second-order valence-corrected chi connectivity index (χ2v) is 9.22. The van der Waals surface area contributed by atoms with Crippen LogP contribution < -0.4 is 0 Å². The maximum Gasteiger partial charge on any atom is 0.335 e.